The first-order chi connectivity index (χ1) is 23.2. The second-order valence-electron chi connectivity index (χ2n) is 11.7. The lowest BCUT2D eigenvalue weighted by Gasteiger charge is -2.18. The fourth-order valence-electron chi connectivity index (χ4n) is 5.67. The van der Waals surface area contributed by atoms with Crippen molar-refractivity contribution in [1.29, 1.82) is 0 Å². The molecule has 0 aliphatic rings. The first-order valence-electron chi connectivity index (χ1n) is 15.4. The van der Waals surface area contributed by atoms with Gasteiger partial charge in [0.25, 0.3) is 0 Å². The number of ether oxygens (including phenoxy) is 1. The summed E-state index contributed by atoms with van der Waals surface area (Å²) in [6, 6.07) is 29.3. The highest BCUT2D eigenvalue weighted by molar-refractivity contribution is 7.22. The minimum Gasteiger partial charge on any atom is -0.486 e. The summed E-state index contributed by atoms with van der Waals surface area (Å²) in [5, 5.41) is 0.324. The first-order valence-corrected chi connectivity index (χ1v) is 16.2. The average molecular weight is 699 g/mol. The van der Waals surface area contributed by atoms with Gasteiger partial charge in [0.15, 0.2) is 11.6 Å². The molecule has 0 radical (unpaired) electrons. The number of aromatic nitrogens is 1. The summed E-state index contributed by atoms with van der Waals surface area (Å²) in [5.74, 6) is -1.51. The van der Waals surface area contributed by atoms with Crippen molar-refractivity contribution >= 4 is 45.5 Å². The number of benzene rings is 4. The van der Waals surface area contributed by atoms with Crippen molar-refractivity contribution in [3.63, 3.8) is 0 Å². The van der Waals surface area contributed by atoms with E-state index in [2.05, 4.69) is 4.90 Å². The molecule has 4 aromatic carbocycles. The number of Topliss-reactive ketones (excluding diaryl/α,β-unsaturated/α-hetero) is 1. The quantitative estimate of drug-likeness (QED) is 0.120. The third kappa shape index (κ3) is 7.86. The number of halogens is 3. The van der Waals surface area contributed by atoms with Crippen LogP contribution in [0.4, 0.5) is 8.78 Å². The predicted molar refractivity (Wildman–Crippen MR) is 192 cm³/mol. The van der Waals surface area contributed by atoms with Crippen molar-refractivity contribution in [3.8, 4) is 16.2 Å². The van der Waals surface area contributed by atoms with Gasteiger partial charge in [-0.3, -0.25) is 19.3 Å². The molecule has 0 spiro atoms. The molecule has 0 unspecified atom stereocenters. The molecule has 49 heavy (non-hydrogen) atoms. The zero-order valence-corrected chi connectivity index (χ0v) is 28.5. The third-order valence-corrected chi connectivity index (χ3v) is 9.28. The number of rotatable bonds is 12. The number of hydrogen-bond acceptors (Lipinski definition) is 6. The molecule has 0 saturated carbocycles. The molecular formula is C39H33ClF2N2O4S. The van der Waals surface area contributed by atoms with E-state index in [9.17, 15) is 14.4 Å². The van der Waals surface area contributed by atoms with E-state index < -0.39 is 22.8 Å². The van der Waals surface area contributed by atoms with E-state index in [-0.39, 0.29) is 42.5 Å². The number of nitrogens with zero attached hydrogens (tertiary/aromatic N) is 2. The summed E-state index contributed by atoms with van der Waals surface area (Å²) >= 11 is 1.32. The number of fused-ring (bicyclic) bond motifs is 1. The summed E-state index contributed by atoms with van der Waals surface area (Å²) < 4.78 is 37.2. The normalized spacial score (nSPS) is 11.0. The molecule has 0 aliphatic carbocycles. The minimum absolute atomic E-state index is 0. The zero-order valence-electron chi connectivity index (χ0n) is 26.8. The number of carbonyl (C=O) groups is 2. The molecule has 0 atom stereocenters. The summed E-state index contributed by atoms with van der Waals surface area (Å²) in [6.45, 7) is 2.10. The molecule has 10 heteroatoms. The maximum atomic E-state index is 15.0. The van der Waals surface area contributed by atoms with Crippen molar-refractivity contribution in [2.24, 2.45) is 0 Å². The van der Waals surface area contributed by atoms with E-state index in [1.165, 1.54) is 42.7 Å². The Kier molecular flexibility index (Phi) is 11.2. The summed E-state index contributed by atoms with van der Waals surface area (Å²) in [7, 11) is 1.95. The van der Waals surface area contributed by atoms with Gasteiger partial charge in [0.1, 0.15) is 28.8 Å². The number of pyridine rings is 1. The van der Waals surface area contributed by atoms with Crippen LogP contribution in [0.1, 0.15) is 39.5 Å². The van der Waals surface area contributed by atoms with Crippen LogP contribution in [0.2, 0.25) is 0 Å². The summed E-state index contributed by atoms with van der Waals surface area (Å²) in [4.78, 5) is 43.1. The van der Waals surface area contributed by atoms with Crippen LogP contribution in [-0.4, -0.2) is 34.7 Å². The van der Waals surface area contributed by atoms with Gasteiger partial charge < -0.3 is 9.30 Å². The molecule has 0 aliphatic heterocycles. The van der Waals surface area contributed by atoms with Crippen LogP contribution in [0.3, 0.4) is 0 Å². The number of carbonyl (C=O) groups excluding carboxylic acids is 2. The number of thiophene rings is 1. The van der Waals surface area contributed by atoms with Crippen LogP contribution in [0.15, 0.2) is 114 Å². The van der Waals surface area contributed by atoms with Crippen LogP contribution in [0, 0.1) is 11.6 Å². The van der Waals surface area contributed by atoms with E-state index in [1.807, 2.05) is 49.5 Å². The predicted octanol–water partition coefficient (Wildman–Crippen LogP) is 8.31. The van der Waals surface area contributed by atoms with Gasteiger partial charge in [-0.2, -0.15) is 0 Å². The van der Waals surface area contributed by atoms with E-state index in [1.54, 1.807) is 47.0 Å². The monoisotopic (exact) mass is 698 g/mol. The van der Waals surface area contributed by atoms with Crippen molar-refractivity contribution in [2.45, 2.75) is 26.6 Å². The lowest BCUT2D eigenvalue weighted by atomic mass is 10.0. The second kappa shape index (κ2) is 15.5. The second-order valence-corrected chi connectivity index (χ2v) is 12.7. The minimum atomic E-state index is -0.724. The van der Waals surface area contributed by atoms with Gasteiger partial charge in [0, 0.05) is 35.3 Å². The maximum absolute atomic E-state index is 15.0. The number of ketones is 2. The molecule has 0 saturated heterocycles. The lowest BCUT2D eigenvalue weighted by molar-refractivity contribution is -0.118. The van der Waals surface area contributed by atoms with E-state index in [4.69, 9.17) is 4.74 Å². The SMILES string of the molecule is CC(=O)COc1ccc(-c2sc3c(c2CN(C)Cc2ccccc2)c(=O)c(C(=O)c2ccccc2)cn3Cc2c(F)cccc2F)cc1.Cl. The molecule has 2 aromatic heterocycles. The highest BCUT2D eigenvalue weighted by Gasteiger charge is 2.25. The van der Waals surface area contributed by atoms with Crippen LogP contribution < -0.4 is 10.2 Å². The van der Waals surface area contributed by atoms with Crippen LogP contribution in [0.5, 0.6) is 5.75 Å². The van der Waals surface area contributed by atoms with Gasteiger partial charge >= 0.3 is 0 Å². The van der Waals surface area contributed by atoms with E-state index in [0.717, 1.165) is 16.0 Å². The number of hydrogen-bond donors (Lipinski definition) is 0. The smallest absolute Gasteiger partial charge is 0.201 e. The maximum Gasteiger partial charge on any atom is 0.201 e. The van der Waals surface area contributed by atoms with Crippen molar-refractivity contribution in [2.75, 3.05) is 13.7 Å². The Morgan fingerprint density at radius 3 is 2.08 bits per heavy atom. The van der Waals surface area contributed by atoms with Gasteiger partial charge in [0.05, 0.1) is 17.5 Å². The Balaban J connectivity index is 0.00000468. The molecule has 0 amide bonds. The van der Waals surface area contributed by atoms with Gasteiger partial charge in [-0.25, -0.2) is 8.78 Å². The summed E-state index contributed by atoms with van der Waals surface area (Å²) in [5.41, 5.74) is 2.18. The Morgan fingerprint density at radius 2 is 1.45 bits per heavy atom. The molecule has 0 bridgehead atoms. The molecule has 6 aromatic rings. The van der Waals surface area contributed by atoms with Gasteiger partial charge in [0.2, 0.25) is 5.43 Å². The Labute approximate surface area is 292 Å². The zero-order chi connectivity index (χ0) is 33.8. The summed E-state index contributed by atoms with van der Waals surface area (Å²) in [6.07, 6.45) is 1.42. The molecule has 6 nitrogen and oxygen atoms in total. The molecular weight excluding hydrogens is 666 g/mol. The van der Waals surface area contributed by atoms with Crippen molar-refractivity contribution < 1.29 is 23.1 Å². The first kappa shape index (κ1) is 35.3. The standard InChI is InChI=1S/C39H32F2N2O4S.ClH/c1-25(44)24-47-29-18-16-28(17-19-29)38-31(21-42(2)20-26-10-5-3-6-11-26)35-37(46)32(36(45)27-12-7-4-8-13-27)23-43(39(35)48-38)22-30-33(40)14-9-15-34(30)41;/h3-19,23H,20-22,24H2,1-2H3;1H. The van der Waals surface area contributed by atoms with Crippen molar-refractivity contribution in [3.05, 3.63) is 159 Å². The molecule has 2 heterocycles. The fraction of sp³-hybridized carbons (Fsp3) is 0.154. The average Bonchev–Trinajstić information content (AvgIpc) is 3.46. The molecule has 0 N–H and O–H groups in total. The highest BCUT2D eigenvalue weighted by atomic mass is 35.5. The topological polar surface area (TPSA) is 68.6 Å². The highest BCUT2D eigenvalue weighted by Crippen LogP contribution is 2.39. The third-order valence-electron chi connectivity index (χ3n) is 7.96. The Morgan fingerprint density at radius 1 is 0.816 bits per heavy atom. The van der Waals surface area contributed by atoms with Gasteiger partial charge in [-0.05, 0) is 67.1 Å². The fourth-order valence-corrected chi connectivity index (χ4v) is 6.96. The van der Waals surface area contributed by atoms with E-state index >= 15 is 8.78 Å². The van der Waals surface area contributed by atoms with Crippen molar-refractivity contribution in [1.82, 2.24) is 9.47 Å². The Bertz CT molecular complexity index is 2150. The van der Waals surface area contributed by atoms with Gasteiger partial charge in [-0.15, -0.1) is 23.7 Å². The Hall–Kier alpha value is -4.96. The largest absolute Gasteiger partial charge is 0.486 e. The van der Waals surface area contributed by atoms with Crippen LogP contribution >= 0.6 is 23.7 Å². The van der Waals surface area contributed by atoms with Crippen LogP contribution in [-0.2, 0) is 24.4 Å². The van der Waals surface area contributed by atoms with E-state index in [0.29, 0.717) is 40.2 Å². The van der Waals surface area contributed by atoms with Gasteiger partial charge in [-0.1, -0.05) is 66.7 Å². The molecule has 250 valence electrons. The molecule has 6 rings (SSSR count). The lowest BCUT2D eigenvalue weighted by Crippen LogP contribution is -2.22. The molecule has 0 fully saturated rings. The van der Waals surface area contributed by atoms with Crippen LogP contribution in [0.25, 0.3) is 20.7 Å².